The van der Waals surface area contributed by atoms with Gasteiger partial charge in [0.05, 0.1) is 14.9 Å². The first-order valence-corrected chi connectivity index (χ1v) is 6.61. The van der Waals surface area contributed by atoms with Gasteiger partial charge >= 0.3 is 11.5 Å². The normalized spacial score (nSPS) is 10.3. The Labute approximate surface area is 138 Å². The smallest absolute Gasteiger partial charge is 0.358 e. The number of hydrogen-bond acceptors (Lipinski definition) is 8. The van der Waals surface area contributed by atoms with Crippen LogP contribution in [0, 0.1) is 37.3 Å². The van der Waals surface area contributed by atoms with Crippen LogP contribution < -0.4 is 5.32 Å². The fraction of sp³-hybridized carbons (Fsp3) is 0.167. The number of anilines is 1. The van der Waals surface area contributed by atoms with Gasteiger partial charge in [0, 0.05) is 6.07 Å². The summed E-state index contributed by atoms with van der Waals surface area (Å²) in [6, 6.07) is 5.37. The van der Waals surface area contributed by atoms with Crippen LogP contribution in [-0.2, 0) is 11.3 Å². The monoisotopic (exact) mass is 350 g/mol. The molecule has 1 amide bonds. The molecule has 0 saturated heterocycles. The highest BCUT2D eigenvalue weighted by Crippen LogP contribution is 2.29. The zero-order valence-electron chi connectivity index (χ0n) is 12.6. The highest BCUT2D eigenvalue weighted by Gasteiger charge is 2.35. The number of aromatic nitrogens is 2. The van der Waals surface area contributed by atoms with Gasteiger partial charge in [0.15, 0.2) is 0 Å². The number of nitro benzene ring substituents is 1. The lowest BCUT2D eigenvalue weighted by atomic mass is 10.2. The van der Waals surface area contributed by atoms with Crippen LogP contribution in [0.5, 0.6) is 0 Å². The molecule has 0 saturated carbocycles. The Bertz CT molecular complexity index is 890. The third kappa shape index (κ3) is 3.54. The maximum atomic E-state index is 12.0. The first-order chi connectivity index (χ1) is 11.7. The maximum Gasteiger partial charge on any atom is 0.468 e. The summed E-state index contributed by atoms with van der Waals surface area (Å²) < 4.78 is 0.792. The predicted octanol–water partition coefficient (Wildman–Crippen LogP) is 1.55. The molecular formula is C12H10N6O7. The van der Waals surface area contributed by atoms with Crippen molar-refractivity contribution in [3.05, 3.63) is 60.3 Å². The standard InChI is InChI=1S/C12H10N6O7/c1-7-11(17(22)23)12(18(24)25)14-15(7)6-10(19)13-8-4-2-3-5-9(8)16(20)21/h2-5H,6H2,1H3,(H,13,19). The summed E-state index contributed by atoms with van der Waals surface area (Å²) in [4.78, 5) is 42.0. The molecule has 1 heterocycles. The van der Waals surface area contributed by atoms with E-state index < -0.39 is 38.7 Å². The van der Waals surface area contributed by atoms with E-state index in [-0.39, 0.29) is 17.1 Å². The molecule has 25 heavy (non-hydrogen) atoms. The Morgan fingerprint density at radius 2 is 1.76 bits per heavy atom. The van der Waals surface area contributed by atoms with Gasteiger partial charge < -0.3 is 15.4 Å². The minimum Gasteiger partial charge on any atom is -0.358 e. The molecule has 13 heteroatoms. The Morgan fingerprint density at radius 1 is 1.12 bits per heavy atom. The Hall–Kier alpha value is -3.90. The number of hydrogen-bond donors (Lipinski definition) is 1. The van der Waals surface area contributed by atoms with Gasteiger partial charge in [0.1, 0.15) is 17.9 Å². The van der Waals surface area contributed by atoms with E-state index in [0.29, 0.717) is 0 Å². The van der Waals surface area contributed by atoms with Gasteiger partial charge in [-0.25, -0.2) is 0 Å². The van der Waals surface area contributed by atoms with Gasteiger partial charge in [0.2, 0.25) is 5.91 Å². The lowest BCUT2D eigenvalue weighted by molar-refractivity contribution is -0.424. The molecule has 1 aromatic heterocycles. The third-order valence-electron chi connectivity index (χ3n) is 3.18. The molecule has 0 spiro atoms. The van der Waals surface area contributed by atoms with Crippen LogP contribution in [0.3, 0.4) is 0 Å². The van der Waals surface area contributed by atoms with Crippen molar-refractivity contribution in [2.75, 3.05) is 5.32 Å². The van der Waals surface area contributed by atoms with Crippen LogP contribution in [0.2, 0.25) is 0 Å². The molecule has 0 atom stereocenters. The van der Waals surface area contributed by atoms with Crippen LogP contribution in [0.1, 0.15) is 5.69 Å². The number of nitrogens with one attached hydrogen (secondary N) is 1. The summed E-state index contributed by atoms with van der Waals surface area (Å²) >= 11 is 0. The van der Waals surface area contributed by atoms with E-state index in [4.69, 9.17) is 0 Å². The van der Waals surface area contributed by atoms with Crippen molar-refractivity contribution in [2.24, 2.45) is 0 Å². The van der Waals surface area contributed by atoms with E-state index in [9.17, 15) is 35.1 Å². The molecule has 13 nitrogen and oxygen atoms in total. The van der Waals surface area contributed by atoms with Gasteiger partial charge in [-0.05, 0) is 17.9 Å². The third-order valence-corrected chi connectivity index (χ3v) is 3.18. The average Bonchev–Trinajstić information content (AvgIpc) is 2.84. The molecule has 0 fully saturated rings. The minimum atomic E-state index is -1.03. The summed E-state index contributed by atoms with van der Waals surface area (Å²) in [6.45, 7) is 0.614. The van der Waals surface area contributed by atoms with Crippen LogP contribution >= 0.6 is 0 Å². The second kappa shape index (κ2) is 6.69. The van der Waals surface area contributed by atoms with Crippen molar-refractivity contribution in [1.82, 2.24) is 9.78 Å². The summed E-state index contributed by atoms with van der Waals surface area (Å²) in [7, 11) is 0. The molecule has 0 unspecified atom stereocenters. The number of para-hydroxylation sites is 2. The molecule has 2 aromatic rings. The van der Waals surface area contributed by atoms with E-state index >= 15 is 0 Å². The minimum absolute atomic E-state index is 0.0775. The zero-order chi connectivity index (χ0) is 18.7. The quantitative estimate of drug-likeness (QED) is 0.602. The second-order valence-electron chi connectivity index (χ2n) is 4.75. The average molecular weight is 350 g/mol. The van der Waals surface area contributed by atoms with E-state index in [2.05, 4.69) is 10.4 Å². The zero-order valence-corrected chi connectivity index (χ0v) is 12.6. The number of carbonyl (C=O) groups excluding carboxylic acids is 1. The number of amides is 1. The molecule has 0 aliphatic heterocycles. The highest BCUT2D eigenvalue weighted by atomic mass is 16.6. The topological polar surface area (TPSA) is 176 Å². The highest BCUT2D eigenvalue weighted by molar-refractivity contribution is 5.92. The lowest BCUT2D eigenvalue weighted by Gasteiger charge is -2.05. The van der Waals surface area contributed by atoms with E-state index in [1.807, 2.05) is 0 Å². The van der Waals surface area contributed by atoms with Crippen LogP contribution in [0.15, 0.2) is 24.3 Å². The SMILES string of the molecule is Cc1c([N+](=O)[O-])c([N+](=O)[O-])nn1CC(=O)Nc1ccccc1[N+](=O)[O-]. The van der Waals surface area contributed by atoms with Crippen molar-refractivity contribution in [3.8, 4) is 0 Å². The van der Waals surface area contributed by atoms with Crippen molar-refractivity contribution in [2.45, 2.75) is 13.5 Å². The molecule has 2 rings (SSSR count). The summed E-state index contributed by atoms with van der Waals surface area (Å²) in [6.07, 6.45) is 0. The lowest BCUT2D eigenvalue weighted by Crippen LogP contribution is -2.21. The number of nitro groups is 3. The van der Waals surface area contributed by atoms with Gasteiger partial charge in [-0.2, -0.15) is 4.68 Å². The Morgan fingerprint density at radius 3 is 2.28 bits per heavy atom. The summed E-state index contributed by atoms with van der Waals surface area (Å²) in [5.74, 6) is -1.77. The van der Waals surface area contributed by atoms with Gasteiger partial charge in [0.25, 0.3) is 5.69 Å². The number of benzene rings is 1. The van der Waals surface area contributed by atoms with Gasteiger partial charge in [-0.1, -0.05) is 12.1 Å². The predicted molar refractivity (Wildman–Crippen MR) is 82.0 cm³/mol. The molecule has 1 N–H and O–H groups in total. The van der Waals surface area contributed by atoms with Crippen molar-refractivity contribution in [3.63, 3.8) is 0 Å². The first-order valence-electron chi connectivity index (χ1n) is 6.61. The Kier molecular flexibility index (Phi) is 4.67. The summed E-state index contributed by atoms with van der Waals surface area (Å²) in [5, 5.41) is 38.4. The van der Waals surface area contributed by atoms with E-state index in [1.54, 1.807) is 0 Å². The largest absolute Gasteiger partial charge is 0.468 e. The second-order valence-corrected chi connectivity index (χ2v) is 4.75. The van der Waals surface area contributed by atoms with Crippen molar-refractivity contribution in [1.29, 1.82) is 0 Å². The number of carbonyl (C=O) groups is 1. The molecule has 130 valence electrons. The fourth-order valence-corrected chi connectivity index (χ4v) is 2.08. The van der Waals surface area contributed by atoms with Gasteiger partial charge in [-0.3, -0.25) is 25.0 Å². The van der Waals surface area contributed by atoms with Gasteiger partial charge in [-0.15, -0.1) is 0 Å². The van der Waals surface area contributed by atoms with Crippen molar-refractivity contribution < 1.29 is 19.6 Å². The first kappa shape index (κ1) is 17.5. The van der Waals surface area contributed by atoms with E-state index in [0.717, 1.165) is 4.68 Å². The van der Waals surface area contributed by atoms with Crippen LogP contribution in [0.4, 0.5) is 22.9 Å². The summed E-state index contributed by atoms with van der Waals surface area (Å²) in [5.41, 5.74) is -1.42. The maximum absolute atomic E-state index is 12.0. The molecule has 1 aromatic carbocycles. The fourth-order valence-electron chi connectivity index (χ4n) is 2.08. The van der Waals surface area contributed by atoms with Crippen LogP contribution in [-0.4, -0.2) is 30.5 Å². The molecule has 0 aliphatic carbocycles. The van der Waals surface area contributed by atoms with Crippen molar-refractivity contribution >= 4 is 28.8 Å². The van der Waals surface area contributed by atoms with Crippen LogP contribution in [0.25, 0.3) is 0 Å². The van der Waals surface area contributed by atoms with E-state index in [1.165, 1.54) is 31.2 Å². The molecular weight excluding hydrogens is 340 g/mol. The molecule has 0 bridgehead atoms. The molecule has 0 radical (unpaired) electrons. The molecule has 0 aliphatic rings. The Balaban J connectivity index is 2.28. The number of rotatable bonds is 6. The number of nitrogens with zero attached hydrogens (tertiary/aromatic N) is 5.